The molecule has 130 valence electrons. The summed E-state index contributed by atoms with van der Waals surface area (Å²) in [7, 11) is 1.12. The zero-order valence-corrected chi connectivity index (χ0v) is 13.0. The minimum Gasteiger partial charge on any atom is -0.465 e. The predicted octanol–water partition coefficient (Wildman–Crippen LogP) is -0.378. The van der Waals surface area contributed by atoms with Gasteiger partial charge in [-0.1, -0.05) is 18.2 Å². The van der Waals surface area contributed by atoms with E-state index in [1.54, 1.807) is 30.3 Å². The van der Waals surface area contributed by atoms with Crippen LogP contribution in [0.2, 0.25) is 0 Å². The standard InChI is InChI=1S/C16H18O8/c1-21-15(19)16(20)7-10-12(17)13(24-16)11(23-10)8-22-14(18)9-5-3-2-4-6-9/h2-6,10-13,17,20H,7-8H2,1H3/t10-,11-,12+,13-,16+/m1/s1. The number of benzene rings is 1. The van der Waals surface area contributed by atoms with Gasteiger partial charge in [-0.15, -0.1) is 0 Å². The molecule has 2 aliphatic heterocycles. The van der Waals surface area contributed by atoms with E-state index in [2.05, 4.69) is 4.74 Å². The average molecular weight is 338 g/mol. The lowest BCUT2D eigenvalue weighted by Crippen LogP contribution is -2.56. The number of rotatable bonds is 4. The van der Waals surface area contributed by atoms with Crippen LogP contribution in [0.3, 0.4) is 0 Å². The molecule has 0 spiro atoms. The van der Waals surface area contributed by atoms with E-state index in [9.17, 15) is 19.8 Å². The van der Waals surface area contributed by atoms with E-state index in [4.69, 9.17) is 14.2 Å². The van der Waals surface area contributed by atoms with Crippen molar-refractivity contribution in [2.24, 2.45) is 0 Å². The highest BCUT2D eigenvalue weighted by Crippen LogP contribution is 2.38. The van der Waals surface area contributed by atoms with Crippen LogP contribution in [0, 0.1) is 0 Å². The van der Waals surface area contributed by atoms with Crippen LogP contribution < -0.4 is 0 Å². The zero-order valence-electron chi connectivity index (χ0n) is 13.0. The van der Waals surface area contributed by atoms with Gasteiger partial charge in [-0.25, -0.2) is 9.59 Å². The minimum atomic E-state index is -2.18. The second kappa shape index (κ2) is 6.48. The lowest BCUT2D eigenvalue weighted by atomic mass is 9.96. The molecular formula is C16H18O8. The Bertz CT molecular complexity index is 618. The molecule has 0 unspecified atom stereocenters. The van der Waals surface area contributed by atoms with E-state index >= 15 is 0 Å². The topological polar surface area (TPSA) is 112 Å². The molecule has 24 heavy (non-hydrogen) atoms. The summed E-state index contributed by atoms with van der Waals surface area (Å²) >= 11 is 0. The maximum absolute atomic E-state index is 12.0. The van der Waals surface area contributed by atoms with Gasteiger partial charge in [0.05, 0.1) is 18.8 Å². The summed E-state index contributed by atoms with van der Waals surface area (Å²) in [6.45, 7) is -0.177. The smallest absolute Gasteiger partial charge is 0.366 e. The fourth-order valence-corrected chi connectivity index (χ4v) is 2.91. The molecule has 3 rings (SSSR count). The van der Waals surface area contributed by atoms with Gasteiger partial charge in [-0.3, -0.25) is 0 Å². The van der Waals surface area contributed by atoms with E-state index < -0.39 is 42.1 Å². The Morgan fingerprint density at radius 1 is 1.33 bits per heavy atom. The molecular weight excluding hydrogens is 320 g/mol. The van der Waals surface area contributed by atoms with Crippen molar-refractivity contribution in [2.75, 3.05) is 13.7 Å². The van der Waals surface area contributed by atoms with Crippen molar-refractivity contribution in [3.63, 3.8) is 0 Å². The summed E-state index contributed by atoms with van der Waals surface area (Å²) in [5.41, 5.74) is 0.381. The van der Waals surface area contributed by atoms with Crippen molar-refractivity contribution < 1.29 is 38.7 Å². The summed E-state index contributed by atoms with van der Waals surface area (Å²) in [6, 6.07) is 8.41. The molecule has 1 aromatic rings. The number of carbonyl (C=O) groups is 2. The normalized spacial score (nSPS) is 34.6. The lowest BCUT2D eigenvalue weighted by molar-refractivity contribution is -0.271. The first kappa shape index (κ1) is 16.8. The number of hydrogen-bond donors (Lipinski definition) is 2. The molecule has 0 saturated carbocycles. The molecule has 2 bridgehead atoms. The summed E-state index contributed by atoms with van der Waals surface area (Å²) in [6.07, 6.45) is -3.91. The van der Waals surface area contributed by atoms with Gasteiger partial charge in [0.1, 0.15) is 24.9 Å². The number of fused-ring (bicyclic) bond motifs is 2. The van der Waals surface area contributed by atoms with Crippen LogP contribution in [0.5, 0.6) is 0 Å². The van der Waals surface area contributed by atoms with E-state index in [1.807, 2.05) is 0 Å². The van der Waals surface area contributed by atoms with Gasteiger partial charge in [0, 0.05) is 6.42 Å². The number of aliphatic hydroxyl groups is 2. The van der Waals surface area contributed by atoms with Crippen LogP contribution in [-0.4, -0.2) is 66.1 Å². The molecule has 0 radical (unpaired) electrons. The lowest BCUT2D eigenvalue weighted by Gasteiger charge is -2.35. The monoisotopic (exact) mass is 338 g/mol. The Hall–Kier alpha value is -2.00. The summed E-state index contributed by atoms with van der Waals surface area (Å²) in [5, 5.41) is 20.3. The molecule has 1 aromatic carbocycles. The van der Waals surface area contributed by atoms with Crippen LogP contribution in [0.4, 0.5) is 0 Å². The van der Waals surface area contributed by atoms with Crippen molar-refractivity contribution in [3.05, 3.63) is 35.9 Å². The van der Waals surface area contributed by atoms with Gasteiger partial charge in [-0.2, -0.15) is 0 Å². The Labute approximate surface area is 137 Å². The highest BCUT2D eigenvalue weighted by molar-refractivity contribution is 5.89. The van der Waals surface area contributed by atoms with Crippen molar-refractivity contribution in [1.29, 1.82) is 0 Å². The zero-order chi connectivity index (χ0) is 17.3. The van der Waals surface area contributed by atoms with Gasteiger partial charge in [0.15, 0.2) is 0 Å². The van der Waals surface area contributed by atoms with Gasteiger partial charge in [0.25, 0.3) is 5.79 Å². The Morgan fingerprint density at radius 3 is 2.71 bits per heavy atom. The number of hydrogen-bond acceptors (Lipinski definition) is 8. The van der Waals surface area contributed by atoms with Crippen LogP contribution in [0.15, 0.2) is 30.3 Å². The predicted molar refractivity (Wildman–Crippen MR) is 77.8 cm³/mol. The van der Waals surface area contributed by atoms with Crippen molar-refractivity contribution in [2.45, 2.75) is 36.6 Å². The Kier molecular flexibility index (Phi) is 4.55. The molecule has 2 N–H and O–H groups in total. The van der Waals surface area contributed by atoms with Gasteiger partial charge in [-0.05, 0) is 12.1 Å². The number of esters is 2. The summed E-state index contributed by atoms with van der Waals surface area (Å²) in [5.74, 6) is -3.69. The maximum atomic E-state index is 12.0. The Morgan fingerprint density at radius 2 is 2.04 bits per heavy atom. The fourth-order valence-electron chi connectivity index (χ4n) is 2.91. The van der Waals surface area contributed by atoms with E-state index in [-0.39, 0.29) is 13.0 Å². The van der Waals surface area contributed by atoms with Gasteiger partial charge in [0.2, 0.25) is 0 Å². The fraction of sp³-hybridized carbons (Fsp3) is 0.500. The molecule has 2 saturated heterocycles. The van der Waals surface area contributed by atoms with Crippen molar-refractivity contribution in [3.8, 4) is 0 Å². The second-order valence-electron chi connectivity index (χ2n) is 5.73. The van der Waals surface area contributed by atoms with Crippen LogP contribution >= 0.6 is 0 Å². The molecule has 0 aromatic heterocycles. The van der Waals surface area contributed by atoms with E-state index in [1.165, 1.54) is 0 Å². The average Bonchev–Trinajstić information content (AvgIpc) is 2.78. The molecule has 8 heteroatoms. The molecule has 2 fully saturated rings. The third-order valence-corrected chi connectivity index (χ3v) is 4.13. The molecule has 0 amide bonds. The maximum Gasteiger partial charge on any atom is 0.366 e. The first-order valence-electron chi connectivity index (χ1n) is 7.49. The SMILES string of the molecule is COC(=O)[C@]1(O)C[C@H]2O[C@H](COC(=O)c3ccccc3)[C@@H](O1)[C@H]2O. The van der Waals surface area contributed by atoms with E-state index in [0.717, 1.165) is 7.11 Å². The number of carbonyl (C=O) groups excluding carboxylic acids is 2. The van der Waals surface area contributed by atoms with Gasteiger partial charge < -0.3 is 29.2 Å². The van der Waals surface area contributed by atoms with E-state index in [0.29, 0.717) is 5.56 Å². The Balaban J connectivity index is 1.64. The molecule has 2 aliphatic rings. The first-order chi connectivity index (χ1) is 11.4. The number of aliphatic hydroxyl groups excluding tert-OH is 1. The quantitative estimate of drug-likeness (QED) is 0.715. The molecule has 5 atom stereocenters. The summed E-state index contributed by atoms with van der Waals surface area (Å²) in [4.78, 5) is 23.6. The van der Waals surface area contributed by atoms with Crippen LogP contribution in [0.25, 0.3) is 0 Å². The highest BCUT2D eigenvalue weighted by atomic mass is 16.7. The van der Waals surface area contributed by atoms with Crippen molar-refractivity contribution >= 4 is 11.9 Å². The third kappa shape index (κ3) is 3.01. The van der Waals surface area contributed by atoms with Gasteiger partial charge >= 0.3 is 11.9 Å². The third-order valence-electron chi connectivity index (χ3n) is 4.13. The van der Waals surface area contributed by atoms with Crippen molar-refractivity contribution in [1.82, 2.24) is 0 Å². The van der Waals surface area contributed by atoms with Crippen LogP contribution in [0.1, 0.15) is 16.8 Å². The molecule has 2 heterocycles. The molecule has 8 nitrogen and oxygen atoms in total. The van der Waals surface area contributed by atoms with Crippen LogP contribution in [-0.2, 0) is 23.7 Å². The second-order valence-corrected chi connectivity index (χ2v) is 5.73. The largest absolute Gasteiger partial charge is 0.465 e. The number of ether oxygens (including phenoxy) is 4. The highest BCUT2D eigenvalue weighted by Gasteiger charge is 2.59. The summed E-state index contributed by atoms with van der Waals surface area (Å²) < 4.78 is 20.5. The number of methoxy groups -OCH3 is 1. The minimum absolute atomic E-state index is 0.177. The first-order valence-corrected chi connectivity index (χ1v) is 7.49. The molecule has 0 aliphatic carbocycles.